The Morgan fingerprint density at radius 3 is 2.17 bits per heavy atom. The number of carbonyl (C=O) groups is 1. The van der Waals surface area contributed by atoms with Gasteiger partial charge >= 0.3 is 0 Å². The van der Waals surface area contributed by atoms with Gasteiger partial charge in [-0.1, -0.05) is 29.4 Å². The molecular formula is C40H36O12. The van der Waals surface area contributed by atoms with Crippen molar-refractivity contribution in [1.29, 1.82) is 0 Å². The predicted molar refractivity (Wildman–Crippen MR) is 191 cm³/mol. The molecule has 4 aromatic carbocycles. The highest BCUT2D eigenvalue weighted by molar-refractivity contribution is 6.02. The van der Waals surface area contributed by atoms with Gasteiger partial charge in [-0.15, -0.1) is 0 Å². The fourth-order valence-corrected chi connectivity index (χ4v) is 7.04. The van der Waals surface area contributed by atoms with Crippen LogP contribution in [0, 0.1) is 5.92 Å². The minimum atomic E-state index is -1.26. The number of allylic oxidation sites excluding steroid dienone is 4. The van der Waals surface area contributed by atoms with Crippen molar-refractivity contribution >= 4 is 16.8 Å². The van der Waals surface area contributed by atoms with Gasteiger partial charge in [0.25, 0.3) is 0 Å². The van der Waals surface area contributed by atoms with E-state index in [0.717, 1.165) is 29.8 Å². The first kappa shape index (κ1) is 35.3. The summed E-state index contributed by atoms with van der Waals surface area (Å²) in [7, 11) is 0. The van der Waals surface area contributed by atoms with Crippen LogP contribution in [-0.4, -0.2) is 51.7 Å². The van der Waals surface area contributed by atoms with Gasteiger partial charge in [-0.25, -0.2) is 0 Å². The maximum atomic E-state index is 14.8. The number of hydrogen-bond donors (Lipinski definition) is 9. The molecule has 1 heterocycles. The van der Waals surface area contributed by atoms with E-state index in [1.807, 2.05) is 13.8 Å². The van der Waals surface area contributed by atoms with Gasteiger partial charge in [0, 0.05) is 47.1 Å². The molecule has 0 bridgehead atoms. The van der Waals surface area contributed by atoms with Crippen molar-refractivity contribution in [3.05, 3.63) is 110 Å². The standard InChI is InChI=1S/C40H36O12/c1-17(2)4-6-22-27(43)10-8-23(35(22)47)36(48)32-25(21-7-5-19(41)14-29(21)45)12-18(3)13-26(32)33-28(44)11-9-24(37(33)49)40-39(51)38(50)34-30(46)15-20(42)16-31(34)52-40/h4-5,7-11,13-16,25-26,32,41-47,49,51H,6,12H2,1-3H3. The summed E-state index contributed by atoms with van der Waals surface area (Å²) in [5.74, 6) is -9.08. The van der Waals surface area contributed by atoms with E-state index < -0.39 is 74.6 Å². The first-order valence-corrected chi connectivity index (χ1v) is 16.3. The summed E-state index contributed by atoms with van der Waals surface area (Å²) in [5.41, 5.74) is -0.128. The molecule has 9 N–H and O–H groups in total. The van der Waals surface area contributed by atoms with Crippen LogP contribution in [0.2, 0.25) is 0 Å². The first-order chi connectivity index (χ1) is 24.6. The van der Waals surface area contributed by atoms with E-state index in [1.165, 1.54) is 30.3 Å². The molecule has 0 saturated heterocycles. The van der Waals surface area contributed by atoms with Gasteiger partial charge in [0.2, 0.25) is 11.2 Å². The van der Waals surface area contributed by atoms with Crippen LogP contribution < -0.4 is 5.43 Å². The molecule has 268 valence electrons. The highest BCUT2D eigenvalue weighted by Crippen LogP contribution is 2.54. The zero-order valence-corrected chi connectivity index (χ0v) is 28.2. The number of aromatic hydroxyl groups is 9. The van der Waals surface area contributed by atoms with E-state index in [4.69, 9.17) is 4.42 Å². The third-order valence-electron chi connectivity index (χ3n) is 9.49. The molecule has 3 unspecified atom stereocenters. The highest BCUT2D eigenvalue weighted by Gasteiger charge is 2.44. The molecule has 12 heteroatoms. The monoisotopic (exact) mass is 708 g/mol. The molecule has 0 fully saturated rings. The molecule has 1 aromatic heterocycles. The van der Waals surface area contributed by atoms with Gasteiger partial charge in [-0.2, -0.15) is 0 Å². The summed E-state index contributed by atoms with van der Waals surface area (Å²) in [4.78, 5) is 28.0. The summed E-state index contributed by atoms with van der Waals surface area (Å²) in [6.45, 7) is 5.42. The predicted octanol–water partition coefficient (Wildman–Crippen LogP) is 7.04. The van der Waals surface area contributed by atoms with E-state index in [-0.39, 0.29) is 63.5 Å². The molecule has 5 aromatic rings. The fourth-order valence-electron chi connectivity index (χ4n) is 7.04. The maximum Gasteiger partial charge on any atom is 0.238 e. The number of Topliss-reactive ketones (excluding diaryl/α,β-unsaturated/α-hetero) is 1. The Morgan fingerprint density at radius 1 is 0.788 bits per heavy atom. The van der Waals surface area contributed by atoms with Gasteiger partial charge in [-0.05, 0) is 69.5 Å². The number of benzene rings is 4. The van der Waals surface area contributed by atoms with Crippen LogP contribution in [0.1, 0.15) is 66.1 Å². The topological polar surface area (TPSA) is 229 Å². The largest absolute Gasteiger partial charge is 0.508 e. The fraction of sp³-hybridized carbons (Fsp3) is 0.200. The number of phenolic OH excluding ortho intramolecular Hbond substituents is 8. The Kier molecular flexibility index (Phi) is 9.01. The zero-order valence-electron chi connectivity index (χ0n) is 28.2. The number of rotatable bonds is 7. The van der Waals surface area contributed by atoms with Crippen LogP contribution in [0.5, 0.6) is 51.7 Å². The number of ketones is 1. The lowest BCUT2D eigenvalue weighted by Gasteiger charge is -2.37. The first-order valence-electron chi connectivity index (χ1n) is 16.3. The Hall–Kier alpha value is -6.56. The van der Waals surface area contributed by atoms with E-state index in [2.05, 4.69) is 0 Å². The number of fused-ring (bicyclic) bond motifs is 1. The van der Waals surface area contributed by atoms with Crippen LogP contribution in [0.4, 0.5) is 0 Å². The van der Waals surface area contributed by atoms with E-state index in [9.17, 15) is 55.5 Å². The molecule has 12 nitrogen and oxygen atoms in total. The lowest BCUT2D eigenvalue weighted by atomic mass is 9.65. The molecular weight excluding hydrogens is 672 g/mol. The van der Waals surface area contributed by atoms with Gasteiger partial charge in [0.15, 0.2) is 11.5 Å². The number of phenols is 8. The average molecular weight is 709 g/mol. The third kappa shape index (κ3) is 6.08. The van der Waals surface area contributed by atoms with E-state index in [0.29, 0.717) is 5.57 Å². The quantitative estimate of drug-likeness (QED) is 0.0613. The van der Waals surface area contributed by atoms with Gasteiger partial charge in [0.05, 0.1) is 11.1 Å². The van der Waals surface area contributed by atoms with Crippen molar-refractivity contribution in [2.45, 2.75) is 45.4 Å². The molecule has 0 amide bonds. The smallest absolute Gasteiger partial charge is 0.238 e. The SMILES string of the molecule is CC(C)=CCc1c(O)ccc(C(=O)C2C(c3c(O)ccc(-c4oc5cc(O)cc(O)c5c(=O)c4O)c3O)C=C(C)CC2c2ccc(O)cc2O)c1O. The molecule has 0 saturated carbocycles. The van der Waals surface area contributed by atoms with Crippen molar-refractivity contribution in [1.82, 2.24) is 0 Å². The molecule has 0 radical (unpaired) electrons. The summed E-state index contributed by atoms with van der Waals surface area (Å²) in [6.07, 6.45) is 3.71. The molecule has 0 aliphatic heterocycles. The Labute approximate surface area is 296 Å². The van der Waals surface area contributed by atoms with Crippen LogP contribution in [0.15, 0.2) is 87.1 Å². The minimum absolute atomic E-state index is 0.0988. The van der Waals surface area contributed by atoms with Gasteiger partial charge in [0.1, 0.15) is 57.0 Å². The van der Waals surface area contributed by atoms with Crippen molar-refractivity contribution < 1.29 is 55.2 Å². The Morgan fingerprint density at radius 2 is 1.48 bits per heavy atom. The molecule has 1 aliphatic carbocycles. The van der Waals surface area contributed by atoms with Gasteiger partial charge < -0.3 is 50.4 Å². The van der Waals surface area contributed by atoms with E-state index in [1.54, 1.807) is 19.1 Å². The Balaban J connectivity index is 1.60. The van der Waals surface area contributed by atoms with E-state index >= 15 is 0 Å². The second-order valence-corrected chi connectivity index (χ2v) is 13.3. The Bertz CT molecular complexity index is 2400. The molecule has 0 spiro atoms. The average Bonchev–Trinajstić information content (AvgIpc) is 3.05. The summed E-state index contributed by atoms with van der Waals surface area (Å²) >= 11 is 0. The van der Waals surface area contributed by atoms with Gasteiger partial charge in [-0.3, -0.25) is 9.59 Å². The molecule has 52 heavy (non-hydrogen) atoms. The molecule has 6 rings (SSSR count). The molecule has 1 aliphatic rings. The summed E-state index contributed by atoms with van der Waals surface area (Å²) < 4.78 is 5.73. The second kappa shape index (κ2) is 13.3. The van der Waals surface area contributed by atoms with Crippen LogP contribution in [0.3, 0.4) is 0 Å². The van der Waals surface area contributed by atoms with Crippen LogP contribution in [-0.2, 0) is 6.42 Å². The minimum Gasteiger partial charge on any atom is -0.508 e. The molecule has 3 atom stereocenters. The van der Waals surface area contributed by atoms with Crippen molar-refractivity contribution in [3.63, 3.8) is 0 Å². The number of hydrogen-bond acceptors (Lipinski definition) is 12. The van der Waals surface area contributed by atoms with Crippen LogP contribution >= 0.6 is 0 Å². The van der Waals surface area contributed by atoms with Crippen molar-refractivity contribution in [3.8, 4) is 63.1 Å². The highest BCUT2D eigenvalue weighted by atomic mass is 16.4. The zero-order chi connectivity index (χ0) is 37.8. The normalized spacial score (nSPS) is 17.1. The summed E-state index contributed by atoms with van der Waals surface area (Å²) in [6, 6.07) is 10.7. The lowest BCUT2D eigenvalue weighted by molar-refractivity contribution is 0.0876. The lowest BCUT2D eigenvalue weighted by Crippen LogP contribution is -2.31. The third-order valence-corrected chi connectivity index (χ3v) is 9.49. The summed E-state index contributed by atoms with van der Waals surface area (Å²) in [5, 5.41) is 97.2. The maximum absolute atomic E-state index is 14.8. The van der Waals surface area contributed by atoms with Crippen molar-refractivity contribution in [2.75, 3.05) is 0 Å². The van der Waals surface area contributed by atoms with Crippen molar-refractivity contribution in [2.24, 2.45) is 5.92 Å². The van der Waals surface area contributed by atoms with Crippen LogP contribution in [0.25, 0.3) is 22.3 Å². The number of carbonyl (C=O) groups excluding carboxylic acids is 1. The second-order valence-electron chi connectivity index (χ2n) is 13.3.